The lowest BCUT2D eigenvalue weighted by Crippen LogP contribution is -2.35. The van der Waals surface area contributed by atoms with Crippen LogP contribution in [0.4, 0.5) is 0 Å². The molecule has 0 spiro atoms. The normalized spacial score (nSPS) is 11.3. The topological polar surface area (TPSA) is 30.5 Å². The van der Waals surface area contributed by atoms with Crippen molar-refractivity contribution in [2.75, 3.05) is 13.2 Å². The van der Waals surface area contributed by atoms with Crippen molar-refractivity contribution >= 4 is 0 Å². The Morgan fingerprint density at radius 1 is 1.14 bits per heavy atom. The fraction of sp³-hybridized carbons (Fsp3) is 0.556. The van der Waals surface area contributed by atoms with Crippen molar-refractivity contribution in [1.29, 1.82) is 0 Å². The van der Waals surface area contributed by atoms with Crippen LogP contribution < -0.4 is 14.8 Å². The Morgan fingerprint density at radius 2 is 1.86 bits per heavy atom. The maximum atomic E-state index is 5.80. The zero-order chi connectivity index (χ0) is 15.9. The molecule has 3 heteroatoms. The highest BCUT2D eigenvalue weighted by atomic mass is 16.5. The van der Waals surface area contributed by atoms with Gasteiger partial charge in [0.1, 0.15) is 6.61 Å². The molecule has 0 atom stereocenters. The Bertz CT molecular complexity index is 461. The third-order valence-electron chi connectivity index (χ3n) is 3.06. The molecule has 0 unspecified atom stereocenters. The molecular weight excluding hydrogens is 262 g/mol. The van der Waals surface area contributed by atoms with E-state index in [1.165, 1.54) is 5.56 Å². The predicted molar refractivity (Wildman–Crippen MR) is 89.1 cm³/mol. The first-order chi connectivity index (χ1) is 9.85. The van der Waals surface area contributed by atoms with Crippen LogP contribution >= 0.6 is 0 Å². The molecule has 1 aromatic rings. The minimum absolute atomic E-state index is 0.0970. The Balaban J connectivity index is 2.78. The van der Waals surface area contributed by atoms with Crippen molar-refractivity contribution in [3.63, 3.8) is 0 Å². The first-order valence-corrected chi connectivity index (χ1v) is 7.66. The molecule has 1 N–H and O–H groups in total. The van der Waals surface area contributed by atoms with Gasteiger partial charge in [0, 0.05) is 12.1 Å². The second-order valence-corrected chi connectivity index (χ2v) is 6.21. The van der Waals surface area contributed by atoms with E-state index in [0.717, 1.165) is 30.0 Å². The maximum Gasteiger partial charge on any atom is 0.161 e. The molecule has 0 saturated heterocycles. The highest BCUT2D eigenvalue weighted by Gasteiger charge is 2.11. The Morgan fingerprint density at radius 3 is 2.43 bits per heavy atom. The largest absolute Gasteiger partial charge is 0.490 e. The number of ether oxygens (including phenoxy) is 2. The van der Waals surface area contributed by atoms with Gasteiger partial charge in [0.15, 0.2) is 11.5 Å². The van der Waals surface area contributed by atoms with Crippen LogP contribution in [0.1, 0.15) is 46.6 Å². The van der Waals surface area contributed by atoms with E-state index < -0.39 is 0 Å². The van der Waals surface area contributed by atoms with Gasteiger partial charge < -0.3 is 14.8 Å². The summed E-state index contributed by atoms with van der Waals surface area (Å²) < 4.78 is 11.5. The van der Waals surface area contributed by atoms with Crippen molar-refractivity contribution in [2.45, 2.75) is 53.1 Å². The van der Waals surface area contributed by atoms with E-state index >= 15 is 0 Å². The molecule has 3 nitrogen and oxygen atoms in total. The first-order valence-electron chi connectivity index (χ1n) is 7.66. The first kappa shape index (κ1) is 17.6. The minimum Gasteiger partial charge on any atom is -0.490 e. The van der Waals surface area contributed by atoms with Crippen LogP contribution in [0.15, 0.2) is 30.4 Å². The monoisotopic (exact) mass is 291 g/mol. The van der Waals surface area contributed by atoms with E-state index in [2.05, 4.69) is 45.7 Å². The van der Waals surface area contributed by atoms with Crippen LogP contribution in [0, 0.1) is 0 Å². The summed E-state index contributed by atoms with van der Waals surface area (Å²) in [4.78, 5) is 0. The molecule has 0 bridgehead atoms. The van der Waals surface area contributed by atoms with E-state index in [1.54, 1.807) is 0 Å². The van der Waals surface area contributed by atoms with Crippen LogP contribution in [0.25, 0.3) is 0 Å². The summed E-state index contributed by atoms with van der Waals surface area (Å²) in [6.45, 7) is 16.5. The number of hydrogen-bond donors (Lipinski definition) is 1. The highest BCUT2D eigenvalue weighted by Crippen LogP contribution is 2.29. The molecule has 0 fully saturated rings. The molecule has 0 amide bonds. The second kappa shape index (κ2) is 8.08. The molecule has 0 aliphatic rings. The van der Waals surface area contributed by atoms with Crippen molar-refractivity contribution in [3.8, 4) is 11.5 Å². The fourth-order valence-corrected chi connectivity index (χ4v) is 1.70. The van der Waals surface area contributed by atoms with E-state index in [-0.39, 0.29) is 5.54 Å². The van der Waals surface area contributed by atoms with E-state index in [9.17, 15) is 0 Å². The molecule has 21 heavy (non-hydrogen) atoms. The molecule has 0 aliphatic heterocycles. The average molecular weight is 291 g/mol. The summed E-state index contributed by atoms with van der Waals surface area (Å²) in [5.74, 6) is 1.58. The fourth-order valence-electron chi connectivity index (χ4n) is 1.70. The third-order valence-corrected chi connectivity index (χ3v) is 3.06. The lowest BCUT2D eigenvalue weighted by atomic mass is 10.1. The minimum atomic E-state index is 0.0970. The summed E-state index contributed by atoms with van der Waals surface area (Å²) in [6, 6.07) is 6.10. The Labute approximate surface area is 129 Å². The molecule has 0 radical (unpaired) electrons. The Kier molecular flexibility index (Phi) is 6.76. The van der Waals surface area contributed by atoms with Gasteiger partial charge in [-0.2, -0.15) is 0 Å². The summed E-state index contributed by atoms with van der Waals surface area (Å²) in [6.07, 6.45) is 0.928. The van der Waals surface area contributed by atoms with Gasteiger partial charge in [-0.25, -0.2) is 0 Å². The van der Waals surface area contributed by atoms with E-state index in [0.29, 0.717) is 13.2 Å². The van der Waals surface area contributed by atoms with Crippen LogP contribution in [0.3, 0.4) is 0 Å². The second-order valence-electron chi connectivity index (χ2n) is 6.21. The molecule has 0 aromatic heterocycles. The van der Waals surface area contributed by atoms with Gasteiger partial charge >= 0.3 is 0 Å². The summed E-state index contributed by atoms with van der Waals surface area (Å²) in [5.41, 5.74) is 2.37. The summed E-state index contributed by atoms with van der Waals surface area (Å²) >= 11 is 0. The van der Waals surface area contributed by atoms with Crippen molar-refractivity contribution in [1.82, 2.24) is 5.32 Å². The van der Waals surface area contributed by atoms with Gasteiger partial charge in [0.25, 0.3) is 0 Å². The Hall–Kier alpha value is -1.48. The number of benzene rings is 1. The molecule has 0 saturated carbocycles. The molecular formula is C18H29NO2. The SMILES string of the molecule is C=C(CC)COc1ccc(CNC(C)(C)C)cc1OCC. The average Bonchev–Trinajstić information content (AvgIpc) is 2.43. The quantitative estimate of drug-likeness (QED) is 0.724. The summed E-state index contributed by atoms with van der Waals surface area (Å²) in [7, 11) is 0. The number of nitrogens with one attached hydrogen (secondary N) is 1. The van der Waals surface area contributed by atoms with Gasteiger partial charge in [-0.05, 0) is 57.4 Å². The lowest BCUT2D eigenvalue weighted by molar-refractivity contribution is 0.291. The van der Waals surface area contributed by atoms with Crippen molar-refractivity contribution in [3.05, 3.63) is 35.9 Å². The highest BCUT2D eigenvalue weighted by molar-refractivity contribution is 5.43. The van der Waals surface area contributed by atoms with Gasteiger partial charge in [-0.1, -0.05) is 19.6 Å². The van der Waals surface area contributed by atoms with E-state index in [1.807, 2.05) is 19.1 Å². The number of hydrogen-bond acceptors (Lipinski definition) is 3. The smallest absolute Gasteiger partial charge is 0.161 e. The predicted octanol–water partition coefficient (Wildman–Crippen LogP) is 4.32. The van der Waals surface area contributed by atoms with Gasteiger partial charge in [0.2, 0.25) is 0 Å². The van der Waals surface area contributed by atoms with Crippen molar-refractivity contribution < 1.29 is 9.47 Å². The van der Waals surface area contributed by atoms with Crippen LogP contribution in [-0.2, 0) is 6.54 Å². The van der Waals surface area contributed by atoms with Gasteiger partial charge in [0.05, 0.1) is 6.61 Å². The molecule has 0 aliphatic carbocycles. The van der Waals surface area contributed by atoms with E-state index in [4.69, 9.17) is 9.47 Å². The molecule has 0 heterocycles. The number of rotatable bonds is 8. The standard InChI is InChI=1S/C18H29NO2/c1-7-14(3)13-21-16-10-9-15(11-17(16)20-8-2)12-19-18(4,5)6/h9-11,19H,3,7-8,12-13H2,1-2,4-6H3. The zero-order valence-electron chi connectivity index (χ0n) is 14.1. The van der Waals surface area contributed by atoms with Crippen LogP contribution in [0.2, 0.25) is 0 Å². The van der Waals surface area contributed by atoms with Gasteiger partial charge in [-0.3, -0.25) is 0 Å². The van der Waals surface area contributed by atoms with Crippen molar-refractivity contribution in [2.24, 2.45) is 0 Å². The maximum absolute atomic E-state index is 5.80. The molecule has 118 valence electrons. The third kappa shape index (κ3) is 6.67. The van der Waals surface area contributed by atoms with Crippen LogP contribution in [0.5, 0.6) is 11.5 Å². The molecule has 1 aromatic carbocycles. The van der Waals surface area contributed by atoms with Gasteiger partial charge in [-0.15, -0.1) is 0 Å². The van der Waals surface area contributed by atoms with Crippen LogP contribution in [-0.4, -0.2) is 18.8 Å². The molecule has 1 rings (SSSR count). The lowest BCUT2D eigenvalue weighted by Gasteiger charge is -2.21. The zero-order valence-corrected chi connectivity index (χ0v) is 14.1. The summed E-state index contributed by atoms with van der Waals surface area (Å²) in [5, 5.41) is 3.48.